The molecule has 0 bridgehead atoms. The van der Waals surface area contributed by atoms with E-state index >= 15 is 0 Å². The monoisotopic (exact) mass is 335 g/mol. The zero-order valence-corrected chi connectivity index (χ0v) is 15.0. The number of aromatic nitrogens is 2. The molecule has 0 saturated carbocycles. The molecule has 0 atom stereocenters. The van der Waals surface area contributed by atoms with Crippen LogP contribution in [0.1, 0.15) is 36.7 Å². The van der Waals surface area contributed by atoms with E-state index in [2.05, 4.69) is 47.1 Å². The highest BCUT2D eigenvalue weighted by Crippen LogP contribution is 2.19. The van der Waals surface area contributed by atoms with E-state index in [9.17, 15) is 4.79 Å². The van der Waals surface area contributed by atoms with Crippen molar-refractivity contribution in [1.82, 2.24) is 14.9 Å². The van der Waals surface area contributed by atoms with Crippen LogP contribution >= 0.6 is 0 Å². The third kappa shape index (κ3) is 4.08. The number of rotatable bonds is 7. The Morgan fingerprint density at radius 2 is 1.88 bits per heavy atom. The zero-order valence-electron chi connectivity index (χ0n) is 15.0. The number of fused-ring (bicyclic) bond motifs is 1. The van der Waals surface area contributed by atoms with Crippen LogP contribution in [0.3, 0.4) is 0 Å². The van der Waals surface area contributed by atoms with Gasteiger partial charge < -0.3 is 9.88 Å². The molecule has 3 aromatic rings. The van der Waals surface area contributed by atoms with Gasteiger partial charge in [-0.2, -0.15) is 0 Å². The number of aryl methyl sites for hydroxylation is 1. The molecule has 1 N–H and O–H groups in total. The van der Waals surface area contributed by atoms with E-state index in [4.69, 9.17) is 4.98 Å². The Balaban J connectivity index is 1.85. The zero-order chi connectivity index (χ0) is 17.6. The van der Waals surface area contributed by atoms with Crippen LogP contribution in [0, 0.1) is 6.92 Å². The minimum Gasteiger partial charge on any atom is -0.356 e. The van der Waals surface area contributed by atoms with E-state index in [0.29, 0.717) is 13.0 Å². The normalized spacial score (nSPS) is 11.0. The van der Waals surface area contributed by atoms with Gasteiger partial charge in [-0.05, 0) is 36.6 Å². The number of imidazole rings is 1. The first kappa shape index (κ1) is 17.2. The van der Waals surface area contributed by atoms with Gasteiger partial charge in [0, 0.05) is 25.9 Å². The van der Waals surface area contributed by atoms with Gasteiger partial charge in [0.15, 0.2) is 0 Å². The molecule has 0 aliphatic heterocycles. The smallest absolute Gasteiger partial charge is 0.219 e. The Morgan fingerprint density at radius 3 is 2.68 bits per heavy atom. The molecule has 1 amide bonds. The summed E-state index contributed by atoms with van der Waals surface area (Å²) in [5.41, 5.74) is 4.72. The quantitative estimate of drug-likeness (QED) is 0.713. The molecule has 0 aliphatic rings. The van der Waals surface area contributed by atoms with Crippen molar-refractivity contribution < 1.29 is 4.79 Å². The third-order valence-corrected chi connectivity index (χ3v) is 4.47. The van der Waals surface area contributed by atoms with Crippen LogP contribution in [0.5, 0.6) is 0 Å². The predicted molar refractivity (Wildman–Crippen MR) is 102 cm³/mol. The molecule has 0 radical (unpaired) electrons. The summed E-state index contributed by atoms with van der Waals surface area (Å²) in [6.45, 7) is 5.57. The molecule has 130 valence electrons. The first-order valence-electron chi connectivity index (χ1n) is 8.94. The second-order valence-electron chi connectivity index (χ2n) is 6.38. The number of benzene rings is 2. The minimum absolute atomic E-state index is 0.115. The molecule has 3 rings (SSSR count). The molecule has 4 heteroatoms. The van der Waals surface area contributed by atoms with Crippen LogP contribution in [0.15, 0.2) is 48.5 Å². The summed E-state index contributed by atoms with van der Waals surface area (Å²) in [6.07, 6.45) is 2.19. The van der Waals surface area contributed by atoms with Gasteiger partial charge in [0.05, 0.1) is 11.0 Å². The summed E-state index contributed by atoms with van der Waals surface area (Å²) >= 11 is 0. The summed E-state index contributed by atoms with van der Waals surface area (Å²) in [7, 11) is 0. The highest BCUT2D eigenvalue weighted by Gasteiger charge is 2.12. The molecule has 25 heavy (non-hydrogen) atoms. The maximum atomic E-state index is 11.7. The number of amides is 1. The Kier molecular flexibility index (Phi) is 5.49. The van der Waals surface area contributed by atoms with E-state index in [1.54, 1.807) is 0 Å². The Labute approximate surface area is 148 Å². The highest BCUT2D eigenvalue weighted by molar-refractivity contribution is 5.76. The molecule has 0 saturated heterocycles. The van der Waals surface area contributed by atoms with E-state index in [1.807, 2.05) is 25.1 Å². The van der Waals surface area contributed by atoms with E-state index in [1.165, 1.54) is 11.1 Å². The Bertz CT molecular complexity index is 866. The summed E-state index contributed by atoms with van der Waals surface area (Å²) in [6, 6.07) is 16.7. The van der Waals surface area contributed by atoms with Crippen molar-refractivity contribution in [2.24, 2.45) is 0 Å². The first-order valence-corrected chi connectivity index (χ1v) is 8.94. The van der Waals surface area contributed by atoms with Crippen LogP contribution in [0.25, 0.3) is 11.0 Å². The molecule has 0 unspecified atom stereocenters. The van der Waals surface area contributed by atoms with Crippen molar-refractivity contribution in [2.45, 2.75) is 39.7 Å². The summed E-state index contributed by atoms with van der Waals surface area (Å²) < 4.78 is 2.27. The van der Waals surface area contributed by atoms with Crippen LogP contribution in [0.4, 0.5) is 0 Å². The molecule has 0 fully saturated rings. The van der Waals surface area contributed by atoms with Gasteiger partial charge in [-0.25, -0.2) is 4.98 Å². The fourth-order valence-corrected chi connectivity index (χ4v) is 3.08. The molecular formula is C21H25N3O. The Morgan fingerprint density at radius 1 is 1.12 bits per heavy atom. The number of carbonyl (C=O) groups is 1. The number of hydrogen-bond donors (Lipinski definition) is 1. The van der Waals surface area contributed by atoms with Gasteiger partial charge in [0.2, 0.25) is 5.91 Å². The standard InChI is InChI=1S/C21H25N3O/c1-3-8-21(25)22-14-13-20-23-18-11-6-7-12-19(18)24(20)15-17-10-5-4-9-16(17)2/h4-7,9-12H,3,8,13-15H2,1-2H3,(H,22,25). The number of carbonyl (C=O) groups excluding carboxylic acids is 1. The van der Waals surface area contributed by atoms with Crippen LogP contribution < -0.4 is 5.32 Å². The van der Waals surface area contributed by atoms with Crippen molar-refractivity contribution >= 4 is 16.9 Å². The van der Waals surface area contributed by atoms with E-state index in [-0.39, 0.29) is 5.91 Å². The van der Waals surface area contributed by atoms with Gasteiger partial charge >= 0.3 is 0 Å². The maximum Gasteiger partial charge on any atom is 0.219 e. The average Bonchev–Trinajstić information content (AvgIpc) is 2.95. The fraction of sp³-hybridized carbons (Fsp3) is 0.333. The molecule has 0 spiro atoms. The van der Waals surface area contributed by atoms with Crippen LogP contribution in [0.2, 0.25) is 0 Å². The topological polar surface area (TPSA) is 46.9 Å². The van der Waals surface area contributed by atoms with Gasteiger partial charge in [-0.15, -0.1) is 0 Å². The summed E-state index contributed by atoms with van der Waals surface area (Å²) in [4.78, 5) is 16.5. The number of nitrogens with one attached hydrogen (secondary N) is 1. The fourth-order valence-electron chi connectivity index (χ4n) is 3.08. The van der Waals surface area contributed by atoms with Gasteiger partial charge in [0.1, 0.15) is 5.82 Å². The minimum atomic E-state index is 0.115. The number of para-hydroxylation sites is 2. The van der Waals surface area contributed by atoms with Gasteiger partial charge in [0.25, 0.3) is 0 Å². The van der Waals surface area contributed by atoms with Gasteiger partial charge in [-0.3, -0.25) is 4.79 Å². The lowest BCUT2D eigenvalue weighted by Gasteiger charge is -2.12. The number of nitrogens with zero attached hydrogens (tertiary/aromatic N) is 2. The SMILES string of the molecule is CCCC(=O)NCCc1nc2ccccc2n1Cc1ccccc1C. The largest absolute Gasteiger partial charge is 0.356 e. The molecule has 0 aliphatic carbocycles. The lowest BCUT2D eigenvalue weighted by molar-refractivity contribution is -0.121. The first-order chi connectivity index (χ1) is 12.2. The number of hydrogen-bond acceptors (Lipinski definition) is 2. The van der Waals surface area contributed by atoms with Crippen molar-refractivity contribution in [3.05, 3.63) is 65.5 Å². The maximum absolute atomic E-state index is 11.7. The highest BCUT2D eigenvalue weighted by atomic mass is 16.1. The van der Waals surface area contributed by atoms with E-state index in [0.717, 1.165) is 36.2 Å². The predicted octanol–water partition coefficient (Wildman–Crippen LogP) is 3.85. The second-order valence-corrected chi connectivity index (χ2v) is 6.38. The summed E-state index contributed by atoms with van der Waals surface area (Å²) in [5, 5.41) is 2.99. The van der Waals surface area contributed by atoms with Crippen molar-refractivity contribution in [2.75, 3.05) is 6.54 Å². The Hall–Kier alpha value is -2.62. The molecule has 1 aromatic heterocycles. The average molecular weight is 335 g/mol. The molecule has 1 heterocycles. The lowest BCUT2D eigenvalue weighted by Crippen LogP contribution is -2.26. The summed E-state index contributed by atoms with van der Waals surface area (Å²) in [5.74, 6) is 1.13. The second kappa shape index (κ2) is 7.97. The lowest BCUT2D eigenvalue weighted by atomic mass is 10.1. The van der Waals surface area contributed by atoms with Crippen molar-refractivity contribution in [3.63, 3.8) is 0 Å². The van der Waals surface area contributed by atoms with Gasteiger partial charge in [-0.1, -0.05) is 43.3 Å². The van der Waals surface area contributed by atoms with Crippen LogP contribution in [-0.2, 0) is 17.8 Å². The van der Waals surface area contributed by atoms with Crippen molar-refractivity contribution in [3.8, 4) is 0 Å². The molecular weight excluding hydrogens is 310 g/mol. The third-order valence-electron chi connectivity index (χ3n) is 4.47. The van der Waals surface area contributed by atoms with Crippen LogP contribution in [-0.4, -0.2) is 22.0 Å². The van der Waals surface area contributed by atoms with E-state index < -0.39 is 0 Å². The molecule has 4 nitrogen and oxygen atoms in total. The van der Waals surface area contributed by atoms with Crippen molar-refractivity contribution in [1.29, 1.82) is 0 Å². The molecule has 2 aromatic carbocycles.